The second-order valence-electron chi connectivity index (χ2n) is 8.11. The Balaban J connectivity index is 1.40. The molecule has 0 saturated carbocycles. The van der Waals surface area contributed by atoms with E-state index < -0.39 is 6.10 Å². The monoisotopic (exact) mass is 464 g/mol. The lowest BCUT2D eigenvalue weighted by atomic mass is 10.1. The molecule has 2 amide bonds. The summed E-state index contributed by atoms with van der Waals surface area (Å²) in [6.07, 6.45) is -0.215. The fraction of sp³-hybridized carbons (Fsp3) is 0.133. The SMILES string of the molecule is CCC(Oc1ccc(-c2ccccc2)cc1)C(=O)Nc1ccccc1C(=O)NCc1ccccc1. The van der Waals surface area contributed by atoms with Crippen molar-refractivity contribution in [3.63, 3.8) is 0 Å². The molecule has 4 rings (SSSR count). The first-order valence-electron chi connectivity index (χ1n) is 11.7. The first-order chi connectivity index (χ1) is 17.1. The molecule has 2 N–H and O–H groups in total. The molecule has 4 aromatic carbocycles. The van der Waals surface area contributed by atoms with Crippen LogP contribution in [-0.2, 0) is 11.3 Å². The number of hydrogen-bond donors (Lipinski definition) is 2. The second kappa shape index (κ2) is 11.7. The molecule has 0 saturated heterocycles. The lowest BCUT2D eigenvalue weighted by Gasteiger charge is -2.19. The van der Waals surface area contributed by atoms with Crippen LogP contribution < -0.4 is 15.4 Å². The minimum atomic E-state index is -0.696. The van der Waals surface area contributed by atoms with Crippen LogP contribution in [0.3, 0.4) is 0 Å². The van der Waals surface area contributed by atoms with Crippen LogP contribution in [0.4, 0.5) is 5.69 Å². The standard InChI is InChI=1S/C30H28N2O3/c1-2-28(35-25-19-17-24(18-20-25)23-13-7-4-8-14-23)30(34)32-27-16-10-9-15-26(27)29(33)31-21-22-11-5-3-6-12-22/h3-20,28H,2,21H2,1H3,(H,31,33)(H,32,34). The lowest BCUT2D eigenvalue weighted by Crippen LogP contribution is -2.33. The van der Waals surface area contributed by atoms with Crippen molar-refractivity contribution in [1.82, 2.24) is 5.32 Å². The molecule has 35 heavy (non-hydrogen) atoms. The van der Waals surface area contributed by atoms with Gasteiger partial charge in [0.1, 0.15) is 5.75 Å². The van der Waals surface area contributed by atoms with Gasteiger partial charge in [0.2, 0.25) is 0 Å². The first-order valence-corrected chi connectivity index (χ1v) is 11.7. The number of hydrogen-bond acceptors (Lipinski definition) is 3. The van der Waals surface area contributed by atoms with Crippen molar-refractivity contribution in [3.05, 3.63) is 120 Å². The number of anilines is 1. The summed E-state index contributed by atoms with van der Waals surface area (Å²) in [5, 5.41) is 5.78. The van der Waals surface area contributed by atoms with Crippen molar-refractivity contribution in [2.75, 3.05) is 5.32 Å². The first kappa shape index (κ1) is 23.8. The van der Waals surface area contributed by atoms with Crippen molar-refractivity contribution in [3.8, 4) is 16.9 Å². The third kappa shape index (κ3) is 6.36. The molecule has 5 heteroatoms. The molecular weight excluding hydrogens is 436 g/mol. The summed E-state index contributed by atoms with van der Waals surface area (Å²) in [5.41, 5.74) is 4.04. The Kier molecular flexibility index (Phi) is 7.92. The highest BCUT2D eigenvalue weighted by atomic mass is 16.5. The molecule has 0 aliphatic rings. The average molecular weight is 465 g/mol. The third-order valence-electron chi connectivity index (χ3n) is 5.63. The maximum atomic E-state index is 13.0. The maximum absolute atomic E-state index is 13.0. The molecule has 0 radical (unpaired) electrons. The Morgan fingerprint density at radius 2 is 1.34 bits per heavy atom. The predicted molar refractivity (Wildman–Crippen MR) is 139 cm³/mol. The van der Waals surface area contributed by atoms with Crippen molar-refractivity contribution in [2.24, 2.45) is 0 Å². The van der Waals surface area contributed by atoms with Gasteiger partial charge in [-0.2, -0.15) is 0 Å². The van der Waals surface area contributed by atoms with Crippen LogP contribution in [0.5, 0.6) is 5.75 Å². The van der Waals surface area contributed by atoms with Crippen LogP contribution in [0.25, 0.3) is 11.1 Å². The van der Waals surface area contributed by atoms with Gasteiger partial charge in [-0.15, -0.1) is 0 Å². The van der Waals surface area contributed by atoms with E-state index in [9.17, 15) is 9.59 Å². The van der Waals surface area contributed by atoms with Gasteiger partial charge in [0, 0.05) is 6.54 Å². The Labute approximate surface area is 205 Å². The van der Waals surface area contributed by atoms with Crippen LogP contribution in [0, 0.1) is 0 Å². The molecular formula is C30H28N2O3. The van der Waals surface area contributed by atoms with Gasteiger partial charge in [0.05, 0.1) is 11.3 Å². The number of carbonyl (C=O) groups is 2. The van der Waals surface area contributed by atoms with Crippen molar-refractivity contribution in [2.45, 2.75) is 26.0 Å². The molecule has 0 aromatic heterocycles. The number of ether oxygens (including phenoxy) is 1. The van der Waals surface area contributed by atoms with Gasteiger partial charge >= 0.3 is 0 Å². The molecule has 0 spiro atoms. The van der Waals surface area contributed by atoms with E-state index in [1.54, 1.807) is 24.3 Å². The largest absolute Gasteiger partial charge is 0.481 e. The fourth-order valence-electron chi connectivity index (χ4n) is 3.72. The zero-order valence-electron chi connectivity index (χ0n) is 19.6. The van der Waals surface area contributed by atoms with Crippen LogP contribution >= 0.6 is 0 Å². The Hall–Kier alpha value is -4.38. The summed E-state index contributed by atoms with van der Waals surface area (Å²) in [5.74, 6) is 0.0544. The molecule has 4 aromatic rings. The van der Waals surface area contributed by atoms with Gasteiger partial charge in [0.15, 0.2) is 6.10 Å². The van der Waals surface area contributed by atoms with Gasteiger partial charge in [-0.3, -0.25) is 9.59 Å². The summed E-state index contributed by atoms with van der Waals surface area (Å²) >= 11 is 0. The molecule has 0 heterocycles. The minimum Gasteiger partial charge on any atom is -0.481 e. The molecule has 1 unspecified atom stereocenters. The Morgan fingerprint density at radius 1 is 0.743 bits per heavy atom. The summed E-state index contributed by atoms with van der Waals surface area (Å²) < 4.78 is 5.98. The molecule has 1 atom stereocenters. The summed E-state index contributed by atoms with van der Waals surface area (Å²) in [6, 6.07) is 34.4. The van der Waals surface area contributed by atoms with E-state index in [-0.39, 0.29) is 11.8 Å². The summed E-state index contributed by atoms with van der Waals surface area (Å²) in [7, 11) is 0. The van der Waals surface area contributed by atoms with E-state index in [1.165, 1.54) is 0 Å². The molecule has 0 aliphatic carbocycles. The molecule has 5 nitrogen and oxygen atoms in total. The van der Waals surface area contributed by atoms with Crippen LogP contribution in [0.1, 0.15) is 29.3 Å². The van der Waals surface area contributed by atoms with Gasteiger partial charge in [-0.05, 0) is 47.4 Å². The van der Waals surface area contributed by atoms with Gasteiger partial charge in [-0.1, -0.05) is 91.9 Å². The highest BCUT2D eigenvalue weighted by Crippen LogP contribution is 2.23. The van der Waals surface area contributed by atoms with E-state index in [0.717, 1.165) is 16.7 Å². The quantitative estimate of drug-likeness (QED) is 0.315. The zero-order chi connectivity index (χ0) is 24.5. The summed E-state index contributed by atoms with van der Waals surface area (Å²) in [4.78, 5) is 25.8. The average Bonchev–Trinajstić information content (AvgIpc) is 2.92. The number of amides is 2. The van der Waals surface area contributed by atoms with E-state index in [0.29, 0.717) is 30.0 Å². The number of carbonyl (C=O) groups excluding carboxylic acids is 2. The molecule has 0 fully saturated rings. The van der Waals surface area contributed by atoms with Crippen LogP contribution in [0.15, 0.2) is 109 Å². The van der Waals surface area contributed by atoms with Crippen LogP contribution in [0.2, 0.25) is 0 Å². The van der Waals surface area contributed by atoms with E-state index in [2.05, 4.69) is 10.6 Å². The minimum absolute atomic E-state index is 0.254. The van der Waals surface area contributed by atoms with E-state index in [1.807, 2.05) is 91.9 Å². The number of benzene rings is 4. The number of rotatable bonds is 9. The lowest BCUT2D eigenvalue weighted by molar-refractivity contribution is -0.122. The molecule has 176 valence electrons. The highest BCUT2D eigenvalue weighted by molar-refractivity contribution is 6.04. The smallest absolute Gasteiger partial charge is 0.265 e. The molecule has 0 aliphatic heterocycles. The predicted octanol–water partition coefficient (Wildman–Crippen LogP) is 6.08. The fourth-order valence-corrected chi connectivity index (χ4v) is 3.72. The van der Waals surface area contributed by atoms with Crippen molar-refractivity contribution >= 4 is 17.5 Å². The summed E-state index contributed by atoms with van der Waals surface area (Å²) in [6.45, 7) is 2.29. The third-order valence-corrected chi connectivity index (χ3v) is 5.63. The van der Waals surface area contributed by atoms with E-state index >= 15 is 0 Å². The van der Waals surface area contributed by atoms with Crippen LogP contribution in [-0.4, -0.2) is 17.9 Å². The second-order valence-corrected chi connectivity index (χ2v) is 8.11. The molecule has 0 bridgehead atoms. The van der Waals surface area contributed by atoms with Gasteiger partial charge in [-0.25, -0.2) is 0 Å². The normalized spacial score (nSPS) is 11.3. The number of para-hydroxylation sites is 1. The van der Waals surface area contributed by atoms with Crippen molar-refractivity contribution in [1.29, 1.82) is 0 Å². The topological polar surface area (TPSA) is 67.4 Å². The van der Waals surface area contributed by atoms with Crippen molar-refractivity contribution < 1.29 is 14.3 Å². The van der Waals surface area contributed by atoms with Gasteiger partial charge < -0.3 is 15.4 Å². The highest BCUT2D eigenvalue weighted by Gasteiger charge is 2.21. The van der Waals surface area contributed by atoms with Gasteiger partial charge in [0.25, 0.3) is 11.8 Å². The zero-order valence-corrected chi connectivity index (χ0v) is 19.6. The number of nitrogens with one attached hydrogen (secondary N) is 2. The Bertz CT molecular complexity index is 1260. The van der Waals surface area contributed by atoms with E-state index in [4.69, 9.17) is 4.74 Å². The Morgan fingerprint density at radius 3 is 2.03 bits per heavy atom. The maximum Gasteiger partial charge on any atom is 0.265 e.